The number of ketones is 1. The van der Waals surface area contributed by atoms with E-state index in [-0.39, 0.29) is 5.78 Å². The average Bonchev–Trinajstić information content (AvgIpc) is 2.86. The maximum absolute atomic E-state index is 11.8. The number of hydrogen-bond donors (Lipinski definition) is 1. The normalized spacial score (nSPS) is 10.4. The number of methoxy groups -OCH3 is 1. The molecule has 5 nitrogen and oxygen atoms in total. The third-order valence-electron chi connectivity index (χ3n) is 2.42. The molecule has 1 rings (SSSR count). The maximum Gasteiger partial charge on any atom is 0.192 e. The lowest BCUT2D eigenvalue weighted by molar-refractivity contribution is 0.0894. The molecular weight excluding hydrogens is 218 g/mol. The molecule has 0 aromatic carbocycles. The minimum Gasteiger partial charge on any atom is -0.383 e. The number of Topliss-reactive ketones (excluding diaryl/α,β-unsaturated/α-hetero) is 1. The average molecular weight is 235 g/mol. The third kappa shape index (κ3) is 4.81. The van der Waals surface area contributed by atoms with Crippen LogP contribution in [0.1, 0.15) is 16.9 Å². The Balaban J connectivity index is 2.47. The standard InChI is InChI=1S/C12H17N3O2/c1-17-9-8-15(7-3-5-13)10-12(16)11-4-2-6-14-11/h2,4,6,14H,3,7-10H2,1H3. The van der Waals surface area contributed by atoms with Gasteiger partial charge in [-0.15, -0.1) is 0 Å². The molecule has 17 heavy (non-hydrogen) atoms. The van der Waals surface area contributed by atoms with E-state index in [0.717, 1.165) is 0 Å². The van der Waals surface area contributed by atoms with Crippen LogP contribution in [0.4, 0.5) is 0 Å². The highest BCUT2D eigenvalue weighted by atomic mass is 16.5. The van der Waals surface area contributed by atoms with E-state index in [1.807, 2.05) is 4.90 Å². The van der Waals surface area contributed by atoms with Gasteiger partial charge in [0.1, 0.15) is 0 Å². The fourth-order valence-corrected chi connectivity index (χ4v) is 1.49. The molecule has 0 saturated carbocycles. The van der Waals surface area contributed by atoms with Crippen LogP contribution in [0.3, 0.4) is 0 Å². The van der Waals surface area contributed by atoms with Crippen LogP contribution in [-0.2, 0) is 4.74 Å². The van der Waals surface area contributed by atoms with Gasteiger partial charge in [0.25, 0.3) is 0 Å². The number of aromatic nitrogens is 1. The summed E-state index contributed by atoms with van der Waals surface area (Å²) in [5, 5.41) is 8.56. The third-order valence-corrected chi connectivity index (χ3v) is 2.42. The van der Waals surface area contributed by atoms with E-state index in [1.165, 1.54) is 0 Å². The molecular formula is C12H17N3O2. The molecule has 1 aromatic heterocycles. The highest BCUT2D eigenvalue weighted by Gasteiger charge is 2.12. The molecule has 5 heteroatoms. The van der Waals surface area contributed by atoms with Crippen molar-refractivity contribution < 1.29 is 9.53 Å². The quantitative estimate of drug-likeness (QED) is 0.684. The number of rotatable bonds is 8. The summed E-state index contributed by atoms with van der Waals surface area (Å²) in [5.41, 5.74) is 0.601. The second-order valence-corrected chi connectivity index (χ2v) is 3.68. The Bertz CT molecular complexity index is 368. The van der Waals surface area contributed by atoms with Gasteiger partial charge in [0.05, 0.1) is 24.9 Å². The SMILES string of the molecule is COCCN(CCC#N)CC(=O)c1ccc[nH]1. The van der Waals surface area contributed by atoms with Crippen LogP contribution in [-0.4, -0.2) is 49.0 Å². The minimum absolute atomic E-state index is 0.0315. The van der Waals surface area contributed by atoms with Crippen molar-refractivity contribution in [2.75, 3.05) is 33.4 Å². The van der Waals surface area contributed by atoms with E-state index >= 15 is 0 Å². The first kappa shape index (κ1) is 13.4. The summed E-state index contributed by atoms with van der Waals surface area (Å²) in [6.45, 7) is 2.12. The largest absolute Gasteiger partial charge is 0.383 e. The molecule has 0 spiro atoms. The number of carbonyl (C=O) groups excluding carboxylic acids is 1. The molecule has 0 aliphatic heterocycles. The lowest BCUT2D eigenvalue weighted by atomic mass is 10.2. The van der Waals surface area contributed by atoms with E-state index in [0.29, 0.717) is 38.4 Å². The molecule has 1 heterocycles. The van der Waals surface area contributed by atoms with Crippen LogP contribution in [0.25, 0.3) is 0 Å². The van der Waals surface area contributed by atoms with Crippen LogP contribution in [0.2, 0.25) is 0 Å². The predicted molar refractivity (Wildman–Crippen MR) is 63.7 cm³/mol. The van der Waals surface area contributed by atoms with Crippen molar-refractivity contribution in [2.24, 2.45) is 0 Å². The van der Waals surface area contributed by atoms with E-state index in [9.17, 15) is 4.79 Å². The van der Waals surface area contributed by atoms with Crippen molar-refractivity contribution in [3.63, 3.8) is 0 Å². The maximum atomic E-state index is 11.8. The number of ether oxygens (including phenoxy) is 1. The molecule has 0 fully saturated rings. The summed E-state index contributed by atoms with van der Waals surface area (Å²) in [7, 11) is 1.62. The fourth-order valence-electron chi connectivity index (χ4n) is 1.49. The number of nitrogens with zero attached hydrogens (tertiary/aromatic N) is 2. The second kappa shape index (κ2) is 7.60. The Labute approximate surface area is 101 Å². The fraction of sp³-hybridized carbons (Fsp3) is 0.500. The van der Waals surface area contributed by atoms with Gasteiger partial charge in [-0.1, -0.05) is 0 Å². The Morgan fingerprint density at radius 2 is 2.41 bits per heavy atom. The molecule has 0 unspecified atom stereocenters. The van der Waals surface area contributed by atoms with E-state index < -0.39 is 0 Å². The molecule has 0 radical (unpaired) electrons. The number of nitrogens with one attached hydrogen (secondary N) is 1. The lowest BCUT2D eigenvalue weighted by Gasteiger charge is -2.19. The summed E-state index contributed by atoms with van der Waals surface area (Å²) in [6.07, 6.45) is 2.14. The van der Waals surface area contributed by atoms with Gasteiger partial charge in [-0.2, -0.15) is 5.26 Å². The van der Waals surface area contributed by atoms with Crippen LogP contribution in [0, 0.1) is 11.3 Å². The van der Waals surface area contributed by atoms with Crippen molar-refractivity contribution in [1.82, 2.24) is 9.88 Å². The van der Waals surface area contributed by atoms with Crippen LogP contribution in [0.5, 0.6) is 0 Å². The van der Waals surface area contributed by atoms with Gasteiger partial charge < -0.3 is 9.72 Å². The van der Waals surface area contributed by atoms with Crippen molar-refractivity contribution in [3.8, 4) is 6.07 Å². The molecule has 0 aliphatic carbocycles. The highest BCUT2D eigenvalue weighted by molar-refractivity contribution is 5.95. The van der Waals surface area contributed by atoms with Gasteiger partial charge in [-0.05, 0) is 12.1 Å². The zero-order valence-electron chi connectivity index (χ0n) is 9.98. The van der Waals surface area contributed by atoms with Gasteiger partial charge in [0.2, 0.25) is 0 Å². The summed E-state index contributed by atoms with van der Waals surface area (Å²) in [6, 6.07) is 5.63. The number of nitriles is 1. The molecule has 0 atom stereocenters. The summed E-state index contributed by atoms with van der Waals surface area (Å²) in [5.74, 6) is 0.0315. The summed E-state index contributed by atoms with van der Waals surface area (Å²) < 4.78 is 4.98. The number of carbonyl (C=O) groups is 1. The molecule has 1 aromatic rings. The first-order valence-electron chi connectivity index (χ1n) is 5.52. The Morgan fingerprint density at radius 3 is 3.00 bits per heavy atom. The summed E-state index contributed by atoms with van der Waals surface area (Å²) >= 11 is 0. The van der Waals surface area contributed by atoms with E-state index in [2.05, 4.69) is 11.1 Å². The molecule has 1 N–H and O–H groups in total. The Hall–Kier alpha value is -1.64. The number of hydrogen-bond acceptors (Lipinski definition) is 4. The Kier molecular flexibility index (Phi) is 6.00. The van der Waals surface area contributed by atoms with Gasteiger partial charge in [-0.3, -0.25) is 9.69 Å². The smallest absolute Gasteiger partial charge is 0.192 e. The molecule has 0 bridgehead atoms. The topological polar surface area (TPSA) is 69.1 Å². The van der Waals surface area contributed by atoms with E-state index in [1.54, 1.807) is 25.4 Å². The monoisotopic (exact) mass is 235 g/mol. The van der Waals surface area contributed by atoms with Gasteiger partial charge in [-0.25, -0.2) is 0 Å². The van der Waals surface area contributed by atoms with Crippen molar-refractivity contribution in [2.45, 2.75) is 6.42 Å². The van der Waals surface area contributed by atoms with Gasteiger partial charge in [0, 0.05) is 32.8 Å². The number of H-pyrrole nitrogens is 1. The highest BCUT2D eigenvalue weighted by Crippen LogP contribution is 2.00. The zero-order valence-corrected chi connectivity index (χ0v) is 9.98. The van der Waals surface area contributed by atoms with Crippen LogP contribution in [0.15, 0.2) is 18.3 Å². The molecule has 0 aliphatic rings. The second-order valence-electron chi connectivity index (χ2n) is 3.68. The van der Waals surface area contributed by atoms with Crippen LogP contribution < -0.4 is 0 Å². The number of aromatic amines is 1. The van der Waals surface area contributed by atoms with Gasteiger partial charge >= 0.3 is 0 Å². The molecule has 0 saturated heterocycles. The molecule has 92 valence electrons. The predicted octanol–water partition coefficient (Wildman–Crippen LogP) is 1.06. The molecule has 0 amide bonds. The van der Waals surface area contributed by atoms with Crippen LogP contribution >= 0.6 is 0 Å². The first-order valence-corrected chi connectivity index (χ1v) is 5.52. The summed E-state index contributed by atoms with van der Waals surface area (Å²) in [4.78, 5) is 16.7. The Morgan fingerprint density at radius 1 is 1.59 bits per heavy atom. The van der Waals surface area contributed by atoms with Crippen molar-refractivity contribution in [1.29, 1.82) is 5.26 Å². The van der Waals surface area contributed by atoms with E-state index in [4.69, 9.17) is 10.00 Å². The zero-order chi connectivity index (χ0) is 12.5. The first-order chi connectivity index (χ1) is 8.27. The minimum atomic E-state index is 0.0315. The lowest BCUT2D eigenvalue weighted by Crippen LogP contribution is -2.33. The van der Waals surface area contributed by atoms with Crippen molar-refractivity contribution >= 4 is 5.78 Å². The van der Waals surface area contributed by atoms with Crippen molar-refractivity contribution in [3.05, 3.63) is 24.0 Å². The van der Waals surface area contributed by atoms with Gasteiger partial charge in [0.15, 0.2) is 5.78 Å².